The molecule has 0 bridgehead atoms. The molecular weight excluding hydrogens is 238 g/mol. The summed E-state index contributed by atoms with van der Waals surface area (Å²) in [6.07, 6.45) is 1.94. The van der Waals surface area contributed by atoms with Crippen LogP contribution in [0.25, 0.3) is 0 Å². The van der Waals surface area contributed by atoms with Crippen molar-refractivity contribution >= 4 is 22.7 Å². The Bertz CT molecular complexity index is 454. The number of nitrogens with zero attached hydrogens (tertiary/aromatic N) is 2. The second-order valence-electron chi connectivity index (χ2n) is 3.70. The topological polar surface area (TPSA) is 37.8 Å². The van der Waals surface area contributed by atoms with Crippen LogP contribution in [0.4, 0.5) is 0 Å². The van der Waals surface area contributed by atoms with Gasteiger partial charge in [0, 0.05) is 29.0 Å². The van der Waals surface area contributed by atoms with Crippen LogP contribution in [-0.4, -0.2) is 9.97 Å². The van der Waals surface area contributed by atoms with Crippen molar-refractivity contribution in [3.05, 3.63) is 31.7 Å². The lowest BCUT2D eigenvalue weighted by molar-refractivity contribution is 0.695. The van der Waals surface area contributed by atoms with Crippen molar-refractivity contribution in [2.45, 2.75) is 33.9 Å². The molecule has 0 aliphatic heterocycles. The Hall–Kier alpha value is -0.780. The quantitative estimate of drug-likeness (QED) is 0.910. The number of nitrogens with one attached hydrogen (secondary N) is 1. The van der Waals surface area contributed by atoms with Crippen LogP contribution in [0.15, 0.2) is 6.20 Å². The summed E-state index contributed by atoms with van der Waals surface area (Å²) in [7, 11) is 0. The molecule has 5 heteroatoms. The van der Waals surface area contributed by atoms with Crippen molar-refractivity contribution in [1.29, 1.82) is 0 Å². The van der Waals surface area contributed by atoms with Gasteiger partial charge < -0.3 is 5.32 Å². The Labute approximate surface area is 104 Å². The average molecular weight is 253 g/mol. The molecule has 0 spiro atoms. The van der Waals surface area contributed by atoms with Gasteiger partial charge in [-0.05, 0) is 20.8 Å². The highest BCUT2D eigenvalue weighted by Crippen LogP contribution is 2.16. The van der Waals surface area contributed by atoms with Gasteiger partial charge in [0.05, 0.1) is 10.7 Å². The molecule has 0 unspecified atom stereocenters. The second kappa shape index (κ2) is 5.03. The van der Waals surface area contributed by atoms with Gasteiger partial charge in [-0.2, -0.15) is 0 Å². The lowest BCUT2D eigenvalue weighted by Gasteiger charge is -1.98. The van der Waals surface area contributed by atoms with Gasteiger partial charge in [-0.25, -0.2) is 9.97 Å². The molecule has 0 saturated heterocycles. The molecule has 0 amide bonds. The first kappa shape index (κ1) is 11.7. The molecular formula is C11H15N3S2. The Balaban J connectivity index is 1.84. The molecule has 0 atom stereocenters. The van der Waals surface area contributed by atoms with Crippen molar-refractivity contribution in [3.8, 4) is 0 Å². The average Bonchev–Trinajstić information content (AvgIpc) is 2.75. The second-order valence-corrected chi connectivity index (χ2v) is 6.31. The zero-order valence-electron chi connectivity index (χ0n) is 9.70. The van der Waals surface area contributed by atoms with Crippen LogP contribution in [0, 0.1) is 20.8 Å². The number of thiazole rings is 2. The molecule has 16 heavy (non-hydrogen) atoms. The summed E-state index contributed by atoms with van der Waals surface area (Å²) in [5.41, 5.74) is 1.15. The van der Waals surface area contributed by atoms with E-state index in [0.29, 0.717) is 0 Å². The zero-order valence-corrected chi connectivity index (χ0v) is 11.3. The molecule has 2 rings (SSSR count). The van der Waals surface area contributed by atoms with Gasteiger partial charge in [0.25, 0.3) is 0 Å². The van der Waals surface area contributed by atoms with Gasteiger partial charge in [-0.1, -0.05) is 0 Å². The first-order chi connectivity index (χ1) is 7.65. The fourth-order valence-electron chi connectivity index (χ4n) is 1.39. The Morgan fingerprint density at radius 1 is 1.19 bits per heavy atom. The third-order valence-corrected chi connectivity index (χ3v) is 4.30. The molecule has 0 aliphatic rings. The first-order valence-corrected chi connectivity index (χ1v) is 6.83. The minimum atomic E-state index is 0.844. The van der Waals surface area contributed by atoms with Gasteiger partial charge in [-0.3, -0.25) is 0 Å². The summed E-state index contributed by atoms with van der Waals surface area (Å²) < 4.78 is 0. The fraction of sp³-hybridized carbons (Fsp3) is 0.455. The highest BCUT2D eigenvalue weighted by molar-refractivity contribution is 7.11. The third-order valence-electron chi connectivity index (χ3n) is 2.32. The largest absolute Gasteiger partial charge is 0.305 e. The molecule has 2 heterocycles. The van der Waals surface area contributed by atoms with Crippen LogP contribution in [0.2, 0.25) is 0 Å². The number of aromatic nitrogens is 2. The standard InChI is InChI=1S/C11H15N3S2/c1-7-8(2)15-11(14-7)6-12-4-10-5-13-9(3)16-10/h5,12H,4,6H2,1-3H3. The summed E-state index contributed by atoms with van der Waals surface area (Å²) >= 11 is 3.51. The Morgan fingerprint density at radius 2 is 2.00 bits per heavy atom. The van der Waals surface area contributed by atoms with E-state index in [1.807, 2.05) is 13.1 Å². The molecule has 2 aromatic heterocycles. The van der Waals surface area contributed by atoms with Gasteiger partial charge in [0.2, 0.25) is 0 Å². The SMILES string of the molecule is Cc1ncc(CNCc2nc(C)c(C)s2)s1. The van der Waals surface area contributed by atoms with Crippen LogP contribution in [0.1, 0.15) is 25.5 Å². The highest BCUT2D eigenvalue weighted by Gasteiger charge is 2.03. The van der Waals surface area contributed by atoms with Gasteiger partial charge >= 0.3 is 0 Å². The maximum absolute atomic E-state index is 4.49. The molecule has 86 valence electrons. The fourth-order valence-corrected chi connectivity index (χ4v) is 3.06. The minimum Gasteiger partial charge on any atom is -0.305 e. The van der Waals surface area contributed by atoms with E-state index >= 15 is 0 Å². The normalized spacial score (nSPS) is 10.9. The molecule has 2 aromatic rings. The van der Waals surface area contributed by atoms with E-state index in [2.05, 4.69) is 29.1 Å². The van der Waals surface area contributed by atoms with Gasteiger partial charge in [0.15, 0.2) is 0 Å². The minimum absolute atomic E-state index is 0.844. The van der Waals surface area contributed by atoms with E-state index in [-0.39, 0.29) is 0 Å². The van der Waals surface area contributed by atoms with Crippen LogP contribution in [-0.2, 0) is 13.1 Å². The first-order valence-electron chi connectivity index (χ1n) is 5.20. The van der Waals surface area contributed by atoms with E-state index in [1.54, 1.807) is 22.7 Å². The van der Waals surface area contributed by atoms with E-state index in [9.17, 15) is 0 Å². The summed E-state index contributed by atoms with van der Waals surface area (Å²) in [5.74, 6) is 0. The van der Waals surface area contributed by atoms with Crippen LogP contribution in [0.5, 0.6) is 0 Å². The number of hydrogen-bond donors (Lipinski definition) is 1. The van der Waals surface area contributed by atoms with E-state index in [0.717, 1.165) is 28.8 Å². The zero-order chi connectivity index (χ0) is 11.5. The van der Waals surface area contributed by atoms with Crippen molar-refractivity contribution in [3.63, 3.8) is 0 Å². The summed E-state index contributed by atoms with van der Waals surface area (Å²) in [4.78, 5) is 11.3. The highest BCUT2D eigenvalue weighted by atomic mass is 32.1. The maximum Gasteiger partial charge on any atom is 0.107 e. The number of aryl methyl sites for hydroxylation is 3. The lowest BCUT2D eigenvalue weighted by atomic mass is 10.4. The molecule has 0 aromatic carbocycles. The van der Waals surface area contributed by atoms with E-state index < -0.39 is 0 Å². The van der Waals surface area contributed by atoms with Crippen molar-refractivity contribution < 1.29 is 0 Å². The lowest BCUT2D eigenvalue weighted by Crippen LogP contribution is -2.11. The van der Waals surface area contributed by atoms with Crippen LogP contribution < -0.4 is 5.32 Å². The van der Waals surface area contributed by atoms with Crippen LogP contribution in [0.3, 0.4) is 0 Å². The third kappa shape index (κ3) is 2.87. The predicted molar refractivity (Wildman–Crippen MR) is 69.0 cm³/mol. The van der Waals surface area contributed by atoms with E-state index in [4.69, 9.17) is 0 Å². The summed E-state index contributed by atoms with van der Waals surface area (Å²) in [6.45, 7) is 7.92. The maximum atomic E-state index is 4.49. The Kier molecular flexibility index (Phi) is 3.68. The molecule has 0 fully saturated rings. The number of rotatable bonds is 4. The summed E-state index contributed by atoms with van der Waals surface area (Å²) in [6, 6.07) is 0. The van der Waals surface area contributed by atoms with Crippen molar-refractivity contribution in [2.24, 2.45) is 0 Å². The van der Waals surface area contributed by atoms with Gasteiger partial charge in [-0.15, -0.1) is 22.7 Å². The molecule has 0 aliphatic carbocycles. The Morgan fingerprint density at radius 3 is 2.56 bits per heavy atom. The molecule has 3 nitrogen and oxygen atoms in total. The number of hydrogen-bond acceptors (Lipinski definition) is 5. The van der Waals surface area contributed by atoms with E-state index in [1.165, 1.54) is 9.75 Å². The van der Waals surface area contributed by atoms with Gasteiger partial charge in [0.1, 0.15) is 5.01 Å². The van der Waals surface area contributed by atoms with Crippen molar-refractivity contribution in [1.82, 2.24) is 15.3 Å². The predicted octanol–water partition coefficient (Wildman–Crippen LogP) is 2.81. The molecule has 0 radical (unpaired) electrons. The smallest absolute Gasteiger partial charge is 0.107 e. The van der Waals surface area contributed by atoms with Crippen molar-refractivity contribution in [2.75, 3.05) is 0 Å². The molecule has 0 saturated carbocycles. The summed E-state index contributed by atoms with van der Waals surface area (Å²) in [5, 5.41) is 5.68. The van der Waals surface area contributed by atoms with Crippen LogP contribution >= 0.6 is 22.7 Å². The molecule has 1 N–H and O–H groups in total. The monoisotopic (exact) mass is 253 g/mol.